The predicted molar refractivity (Wildman–Crippen MR) is 115 cm³/mol. The summed E-state index contributed by atoms with van der Waals surface area (Å²) in [5, 5.41) is 0. The largest absolute Gasteiger partial charge is 0.496 e. The van der Waals surface area contributed by atoms with E-state index in [1.165, 1.54) is 0 Å². The second-order valence-electron chi connectivity index (χ2n) is 7.43. The Balaban J connectivity index is 1.80. The van der Waals surface area contributed by atoms with E-state index in [0.717, 1.165) is 22.8 Å². The van der Waals surface area contributed by atoms with Gasteiger partial charge in [-0.25, -0.2) is 18.4 Å². The Labute approximate surface area is 173 Å². The van der Waals surface area contributed by atoms with E-state index < -0.39 is 10.0 Å². The number of ether oxygens (including phenoxy) is 1. The molecule has 1 aliphatic rings. The molecule has 0 N–H and O–H groups in total. The third-order valence-corrected chi connectivity index (χ3v) is 7.40. The number of aryl methyl sites for hydroxylation is 1. The zero-order valence-corrected chi connectivity index (χ0v) is 18.7. The maximum absolute atomic E-state index is 13.2. The molecule has 8 nitrogen and oxygen atoms in total. The van der Waals surface area contributed by atoms with Crippen molar-refractivity contribution >= 4 is 21.7 Å². The number of sulfonamides is 1. The lowest BCUT2D eigenvalue weighted by Gasteiger charge is -2.35. The molecule has 0 spiro atoms. The molecule has 1 fully saturated rings. The third-order valence-electron chi connectivity index (χ3n) is 5.36. The van der Waals surface area contributed by atoms with Gasteiger partial charge in [-0.2, -0.15) is 4.31 Å². The fraction of sp³-hybridized carbons (Fsp3) is 0.500. The van der Waals surface area contributed by atoms with E-state index >= 15 is 0 Å². The van der Waals surface area contributed by atoms with E-state index in [4.69, 9.17) is 4.74 Å². The summed E-state index contributed by atoms with van der Waals surface area (Å²) >= 11 is 0. The number of piperazine rings is 1. The molecule has 9 heteroatoms. The van der Waals surface area contributed by atoms with Crippen molar-refractivity contribution in [2.45, 2.75) is 25.7 Å². The molecular formula is C20H29N5O3S. The number of aromatic nitrogens is 2. The lowest BCUT2D eigenvalue weighted by atomic mass is 10.1. The van der Waals surface area contributed by atoms with Crippen LogP contribution in [0.25, 0.3) is 0 Å². The summed E-state index contributed by atoms with van der Waals surface area (Å²) in [5.41, 5.74) is 1.58. The molecule has 1 aromatic heterocycles. The van der Waals surface area contributed by atoms with Crippen LogP contribution in [0.15, 0.2) is 23.1 Å². The molecule has 0 atom stereocenters. The van der Waals surface area contributed by atoms with Gasteiger partial charge in [0.05, 0.1) is 12.0 Å². The van der Waals surface area contributed by atoms with Crippen LogP contribution in [0.5, 0.6) is 5.75 Å². The monoisotopic (exact) mass is 419 g/mol. The van der Waals surface area contributed by atoms with Crippen LogP contribution in [-0.2, 0) is 10.0 Å². The van der Waals surface area contributed by atoms with E-state index in [9.17, 15) is 8.42 Å². The Morgan fingerprint density at radius 2 is 1.66 bits per heavy atom. The van der Waals surface area contributed by atoms with Crippen molar-refractivity contribution in [3.63, 3.8) is 0 Å². The molecule has 3 rings (SSSR count). The van der Waals surface area contributed by atoms with Crippen molar-refractivity contribution in [2.24, 2.45) is 0 Å². The van der Waals surface area contributed by atoms with Crippen molar-refractivity contribution < 1.29 is 13.2 Å². The summed E-state index contributed by atoms with van der Waals surface area (Å²) in [6, 6.07) is 5.30. The maximum Gasteiger partial charge on any atom is 0.243 e. The molecule has 158 valence electrons. The third kappa shape index (κ3) is 4.16. The first-order valence-corrected chi connectivity index (χ1v) is 11.0. The SMILES string of the molecule is COc1ccc(S(=O)(=O)N2CCN(c3cc(N(C)C)nc(C)n3)CC2)c(C)c1C. The Morgan fingerprint density at radius 1 is 1.00 bits per heavy atom. The summed E-state index contributed by atoms with van der Waals surface area (Å²) in [4.78, 5) is 13.4. The van der Waals surface area contributed by atoms with Gasteiger partial charge >= 0.3 is 0 Å². The molecule has 2 aromatic rings. The van der Waals surface area contributed by atoms with Crippen LogP contribution in [0.1, 0.15) is 17.0 Å². The molecular weight excluding hydrogens is 390 g/mol. The number of hydrogen-bond donors (Lipinski definition) is 0. The van der Waals surface area contributed by atoms with Gasteiger partial charge in [0.2, 0.25) is 10.0 Å². The predicted octanol–water partition coefficient (Wildman–Crippen LogP) is 1.99. The summed E-state index contributed by atoms with van der Waals surface area (Å²) in [6.07, 6.45) is 0. The summed E-state index contributed by atoms with van der Waals surface area (Å²) in [6.45, 7) is 7.55. The second-order valence-corrected chi connectivity index (χ2v) is 9.34. The zero-order chi connectivity index (χ0) is 21.3. The molecule has 1 saturated heterocycles. The van der Waals surface area contributed by atoms with Gasteiger partial charge in [0.25, 0.3) is 0 Å². The van der Waals surface area contributed by atoms with Crippen molar-refractivity contribution in [3.8, 4) is 5.75 Å². The molecule has 0 radical (unpaired) electrons. The average Bonchev–Trinajstić information content (AvgIpc) is 2.69. The van der Waals surface area contributed by atoms with Gasteiger partial charge in [0, 0.05) is 46.3 Å². The highest BCUT2D eigenvalue weighted by atomic mass is 32.2. The topological polar surface area (TPSA) is 78.9 Å². The van der Waals surface area contributed by atoms with E-state index in [0.29, 0.717) is 42.6 Å². The van der Waals surface area contributed by atoms with E-state index in [1.807, 2.05) is 45.8 Å². The number of nitrogens with zero attached hydrogens (tertiary/aromatic N) is 5. The normalized spacial score (nSPS) is 15.4. The average molecular weight is 420 g/mol. The van der Waals surface area contributed by atoms with Crippen molar-refractivity contribution in [1.29, 1.82) is 0 Å². The molecule has 29 heavy (non-hydrogen) atoms. The van der Waals surface area contributed by atoms with Crippen LogP contribution in [0, 0.1) is 20.8 Å². The fourth-order valence-electron chi connectivity index (χ4n) is 3.50. The molecule has 0 bridgehead atoms. The minimum absolute atomic E-state index is 0.344. The van der Waals surface area contributed by atoms with Crippen LogP contribution in [0.3, 0.4) is 0 Å². The summed E-state index contributed by atoms with van der Waals surface area (Å²) < 4.78 is 33.3. The molecule has 0 aliphatic carbocycles. The molecule has 2 heterocycles. The van der Waals surface area contributed by atoms with Gasteiger partial charge in [-0.1, -0.05) is 0 Å². The van der Waals surface area contributed by atoms with E-state index in [-0.39, 0.29) is 0 Å². The number of rotatable bonds is 5. The van der Waals surface area contributed by atoms with Crippen LogP contribution >= 0.6 is 0 Å². The molecule has 1 aromatic carbocycles. The number of anilines is 2. The van der Waals surface area contributed by atoms with E-state index in [2.05, 4.69) is 14.9 Å². The fourth-order valence-corrected chi connectivity index (χ4v) is 5.20. The quantitative estimate of drug-likeness (QED) is 0.733. The second kappa shape index (κ2) is 8.16. The molecule has 1 aliphatic heterocycles. The summed E-state index contributed by atoms with van der Waals surface area (Å²) in [7, 11) is 1.90. The number of methoxy groups -OCH3 is 1. The van der Waals surface area contributed by atoms with Crippen molar-refractivity contribution in [2.75, 3.05) is 57.2 Å². The minimum Gasteiger partial charge on any atom is -0.496 e. The van der Waals surface area contributed by atoms with Gasteiger partial charge in [0.15, 0.2) is 0 Å². The number of benzene rings is 1. The lowest BCUT2D eigenvalue weighted by Crippen LogP contribution is -2.49. The van der Waals surface area contributed by atoms with Crippen molar-refractivity contribution in [1.82, 2.24) is 14.3 Å². The number of hydrogen-bond acceptors (Lipinski definition) is 7. The van der Waals surface area contributed by atoms with Crippen molar-refractivity contribution in [3.05, 3.63) is 35.2 Å². The van der Waals surface area contributed by atoms with Gasteiger partial charge in [0.1, 0.15) is 23.2 Å². The standard InChI is InChI=1S/C20H29N5O3S/c1-14-15(2)18(8-7-17(14)28-6)29(26,27)25-11-9-24(10-12-25)20-13-19(23(4)5)21-16(3)22-20/h7-8,13H,9-12H2,1-6H3. The Hall–Kier alpha value is -2.39. The van der Waals surface area contributed by atoms with Crippen LogP contribution in [0.4, 0.5) is 11.6 Å². The molecule has 0 saturated carbocycles. The smallest absolute Gasteiger partial charge is 0.243 e. The molecule has 0 unspecified atom stereocenters. The minimum atomic E-state index is -3.57. The highest BCUT2D eigenvalue weighted by Crippen LogP contribution is 2.29. The van der Waals surface area contributed by atoms with Crippen LogP contribution in [0.2, 0.25) is 0 Å². The first kappa shape index (κ1) is 21.3. The Bertz CT molecular complexity index is 999. The first-order chi connectivity index (χ1) is 13.6. The van der Waals surface area contributed by atoms with Gasteiger partial charge in [-0.05, 0) is 44.0 Å². The Kier molecular flexibility index (Phi) is 6.00. The van der Waals surface area contributed by atoms with Gasteiger partial charge in [-0.15, -0.1) is 0 Å². The maximum atomic E-state index is 13.2. The lowest BCUT2D eigenvalue weighted by molar-refractivity contribution is 0.383. The summed E-state index contributed by atoms with van der Waals surface area (Å²) in [5.74, 6) is 3.06. The van der Waals surface area contributed by atoms with Gasteiger partial charge in [-0.3, -0.25) is 0 Å². The highest BCUT2D eigenvalue weighted by molar-refractivity contribution is 7.89. The van der Waals surface area contributed by atoms with E-state index in [1.54, 1.807) is 23.5 Å². The van der Waals surface area contributed by atoms with Crippen LogP contribution < -0.4 is 14.5 Å². The zero-order valence-electron chi connectivity index (χ0n) is 17.9. The first-order valence-electron chi connectivity index (χ1n) is 9.57. The Morgan fingerprint density at radius 3 is 2.24 bits per heavy atom. The van der Waals surface area contributed by atoms with Gasteiger partial charge < -0.3 is 14.5 Å². The molecule has 0 amide bonds. The highest BCUT2D eigenvalue weighted by Gasteiger charge is 2.31. The van der Waals surface area contributed by atoms with Crippen LogP contribution in [-0.4, -0.2) is 70.1 Å².